The van der Waals surface area contributed by atoms with Gasteiger partial charge in [-0.3, -0.25) is 9.69 Å². The summed E-state index contributed by atoms with van der Waals surface area (Å²) >= 11 is 1.50. The Morgan fingerprint density at radius 1 is 1.25 bits per heavy atom. The Morgan fingerprint density at radius 3 is 2.86 bits per heavy atom. The number of amides is 1. The van der Waals surface area contributed by atoms with E-state index in [2.05, 4.69) is 34.4 Å². The maximum atomic E-state index is 12.3. The van der Waals surface area contributed by atoms with E-state index in [0.29, 0.717) is 18.0 Å². The number of nitrogens with zero attached hydrogens (tertiary/aromatic N) is 2. The molecule has 4 rings (SSSR count). The molecule has 1 fully saturated rings. The number of hydrogen-bond acceptors (Lipinski definition) is 6. The molecular weight excluding hydrogens is 374 g/mol. The van der Waals surface area contributed by atoms with E-state index in [-0.39, 0.29) is 12.7 Å². The molecule has 1 saturated heterocycles. The second-order valence-corrected chi connectivity index (χ2v) is 8.88. The smallest absolute Gasteiger partial charge is 0.231 e. The van der Waals surface area contributed by atoms with E-state index in [9.17, 15) is 4.79 Å². The Kier molecular flexibility index (Phi) is 5.82. The predicted octanol–water partition coefficient (Wildman–Crippen LogP) is 3.92. The van der Waals surface area contributed by atoms with Gasteiger partial charge in [0.05, 0.1) is 5.69 Å². The van der Waals surface area contributed by atoms with E-state index in [4.69, 9.17) is 9.47 Å². The first-order valence-electron chi connectivity index (χ1n) is 9.90. The molecule has 0 spiro atoms. The molecule has 3 heterocycles. The van der Waals surface area contributed by atoms with Crippen LogP contribution in [0.15, 0.2) is 23.6 Å². The number of benzene rings is 1. The molecule has 0 radical (unpaired) electrons. The Morgan fingerprint density at radius 2 is 2.04 bits per heavy atom. The first kappa shape index (κ1) is 19.2. The number of piperidine rings is 1. The van der Waals surface area contributed by atoms with Gasteiger partial charge in [0.25, 0.3) is 0 Å². The van der Waals surface area contributed by atoms with Gasteiger partial charge in [0.1, 0.15) is 0 Å². The summed E-state index contributed by atoms with van der Waals surface area (Å²) in [4.78, 5) is 19.4. The van der Waals surface area contributed by atoms with E-state index < -0.39 is 0 Å². The molecule has 2 aromatic rings. The van der Waals surface area contributed by atoms with Crippen molar-refractivity contribution < 1.29 is 14.3 Å². The highest BCUT2D eigenvalue weighted by atomic mass is 32.1. The molecule has 7 heteroatoms. The first-order valence-corrected chi connectivity index (χ1v) is 10.8. The normalized spacial score (nSPS) is 21.6. The highest BCUT2D eigenvalue weighted by molar-refractivity contribution is 7.13. The van der Waals surface area contributed by atoms with E-state index in [0.717, 1.165) is 54.2 Å². The average molecular weight is 402 g/mol. The third-order valence-corrected chi connectivity index (χ3v) is 6.01. The fourth-order valence-corrected chi connectivity index (χ4v) is 4.84. The Balaban J connectivity index is 1.26. The number of anilines is 1. The van der Waals surface area contributed by atoms with Crippen LogP contribution in [0, 0.1) is 11.8 Å². The second-order valence-electron chi connectivity index (χ2n) is 8.02. The quantitative estimate of drug-likeness (QED) is 0.795. The zero-order valence-electron chi connectivity index (χ0n) is 16.4. The van der Waals surface area contributed by atoms with Crippen molar-refractivity contribution in [1.82, 2.24) is 9.88 Å². The number of fused-ring (bicyclic) bond motifs is 1. The Labute approximate surface area is 169 Å². The van der Waals surface area contributed by atoms with Crippen molar-refractivity contribution in [2.24, 2.45) is 11.8 Å². The molecule has 1 N–H and O–H groups in total. The lowest BCUT2D eigenvalue weighted by Crippen LogP contribution is -2.38. The summed E-state index contributed by atoms with van der Waals surface area (Å²) in [5.74, 6) is 2.97. The standard InChI is InChI=1S/C21H27N3O3S/c1-14-7-15(2)10-24(9-14)11-17-12-28-21(22-17)23-20(25)6-4-16-3-5-18-19(8-16)27-13-26-18/h3,5,8,12,14-15H,4,6-7,9-11,13H2,1-2H3,(H,22,23,25)/t14-,15-/m0/s1. The summed E-state index contributed by atoms with van der Waals surface area (Å²) in [6.45, 7) is 8.00. The monoisotopic (exact) mass is 401 g/mol. The van der Waals surface area contributed by atoms with Crippen LogP contribution in [-0.2, 0) is 17.8 Å². The van der Waals surface area contributed by atoms with Crippen molar-refractivity contribution >= 4 is 22.4 Å². The van der Waals surface area contributed by atoms with Crippen molar-refractivity contribution in [2.75, 3.05) is 25.2 Å². The SMILES string of the molecule is C[C@H]1C[C@H](C)CN(Cc2csc(NC(=O)CCc3ccc4c(c3)OCO4)n2)C1. The van der Waals surface area contributed by atoms with Crippen LogP contribution in [0.1, 0.15) is 37.9 Å². The minimum Gasteiger partial charge on any atom is -0.454 e. The van der Waals surface area contributed by atoms with Crippen LogP contribution in [-0.4, -0.2) is 35.7 Å². The van der Waals surface area contributed by atoms with Crippen LogP contribution in [0.2, 0.25) is 0 Å². The Hall–Kier alpha value is -2.12. The van der Waals surface area contributed by atoms with Crippen molar-refractivity contribution in [2.45, 2.75) is 39.7 Å². The fraction of sp³-hybridized carbons (Fsp3) is 0.524. The van der Waals surface area contributed by atoms with Gasteiger partial charge in [-0.05, 0) is 42.4 Å². The van der Waals surface area contributed by atoms with Gasteiger partial charge in [-0.2, -0.15) is 0 Å². The van der Waals surface area contributed by atoms with Gasteiger partial charge in [-0.15, -0.1) is 11.3 Å². The lowest BCUT2D eigenvalue weighted by Gasteiger charge is -2.34. The number of nitrogens with one attached hydrogen (secondary N) is 1. The summed E-state index contributed by atoms with van der Waals surface area (Å²) in [6.07, 6.45) is 2.37. The molecule has 2 atom stereocenters. The number of thiazole rings is 1. The molecule has 150 valence electrons. The number of likely N-dealkylation sites (tertiary alicyclic amines) is 1. The number of rotatable bonds is 6. The molecule has 2 aliphatic rings. The summed E-state index contributed by atoms with van der Waals surface area (Å²) in [7, 11) is 0. The van der Waals surface area contributed by atoms with E-state index >= 15 is 0 Å². The molecule has 2 aliphatic heterocycles. The molecule has 0 unspecified atom stereocenters. The lowest BCUT2D eigenvalue weighted by atomic mass is 9.92. The summed E-state index contributed by atoms with van der Waals surface area (Å²) in [5, 5.41) is 5.67. The van der Waals surface area contributed by atoms with Crippen molar-refractivity contribution in [3.8, 4) is 11.5 Å². The van der Waals surface area contributed by atoms with Gasteiger partial charge in [-0.25, -0.2) is 4.98 Å². The van der Waals surface area contributed by atoms with Crippen LogP contribution >= 0.6 is 11.3 Å². The summed E-state index contributed by atoms with van der Waals surface area (Å²) in [5.41, 5.74) is 2.10. The molecule has 1 aromatic heterocycles. The van der Waals surface area contributed by atoms with Crippen LogP contribution in [0.25, 0.3) is 0 Å². The zero-order valence-corrected chi connectivity index (χ0v) is 17.3. The van der Waals surface area contributed by atoms with Crippen LogP contribution in [0.5, 0.6) is 11.5 Å². The van der Waals surface area contributed by atoms with Crippen LogP contribution in [0.3, 0.4) is 0 Å². The second kappa shape index (κ2) is 8.49. The number of carbonyl (C=O) groups excluding carboxylic acids is 1. The van der Waals surface area contributed by atoms with Gasteiger partial charge in [0.2, 0.25) is 12.7 Å². The fourth-order valence-electron chi connectivity index (χ4n) is 4.12. The minimum atomic E-state index is -0.0150. The summed E-state index contributed by atoms with van der Waals surface area (Å²) < 4.78 is 10.7. The minimum absolute atomic E-state index is 0.0150. The van der Waals surface area contributed by atoms with Gasteiger partial charge in [0, 0.05) is 31.4 Å². The number of aryl methyl sites for hydroxylation is 1. The molecule has 1 aromatic carbocycles. The molecule has 0 aliphatic carbocycles. The molecule has 6 nitrogen and oxygen atoms in total. The molecular formula is C21H27N3O3S. The van der Waals surface area contributed by atoms with Crippen molar-refractivity contribution in [3.63, 3.8) is 0 Å². The maximum absolute atomic E-state index is 12.3. The van der Waals surface area contributed by atoms with Crippen LogP contribution < -0.4 is 14.8 Å². The highest BCUT2D eigenvalue weighted by Crippen LogP contribution is 2.32. The van der Waals surface area contributed by atoms with Gasteiger partial charge in [-0.1, -0.05) is 19.9 Å². The van der Waals surface area contributed by atoms with Gasteiger partial charge < -0.3 is 14.8 Å². The number of hydrogen-bond donors (Lipinski definition) is 1. The topological polar surface area (TPSA) is 63.7 Å². The number of ether oxygens (including phenoxy) is 2. The zero-order chi connectivity index (χ0) is 19.5. The van der Waals surface area contributed by atoms with Crippen LogP contribution in [0.4, 0.5) is 5.13 Å². The van der Waals surface area contributed by atoms with Gasteiger partial charge in [0.15, 0.2) is 16.6 Å². The molecule has 1 amide bonds. The lowest BCUT2D eigenvalue weighted by molar-refractivity contribution is -0.116. The largest absolute Gasteiger partial charge is 0.454 e. The maximum Gasteiger partial charge on any atom is 0.231 e. The number of carbonyl (C=O) groups is 1. The predicted molar refractivity (Wildman–Crippen MR) is 110 cm³/mol. The molecule has 0 saturated carbocycles. The third kappa shape index (κ3) is 4.83. The van der Waals surface area contributed by atoms with E-state index in [1.165, 1.54) is 17.8 Å². The highest BCUT2D eigenvalue weighted by Gasteiger charge is 2.22. The average Bonchev–Trinajstić information content (AvgIpc) is 3.28. The number of aromatic nitrogens is 1. The first-order chi connectivity index (χ1) is 13.5. The van der Waals surface area contributed by atoms with E-state index in [1.54, 1.807) is 0 Å². The van der Waals surface area contributed by atoms with E-state index in [1.807, 2.05) is 18.2 Å². The Bertz CT molecular complexity index is 828. The summed E-state index contributed by atoms with van der Waals surface area (Å²) in [6, 6.07) is 5.81. The van der Waals surface area contributed by atoms with Gasteiger partial charge >= 0.3 is 0 Å². The molecule has 0 bridgehead atoms. The molecule has 28 heavy (non-hydrogen) atoms. The third-order valence-electron chi connectivity index (χ3n) is 5.21. The van der Waals surface area contributed by atoms with Crippen molar-refractivity contribution in [1.29, 1.82) is 0 Å². The van der Waals surface area contributed by atoms with Crippen molar-refractivity contribution in [3.05, 3.63) is 34.8 Å².